The van der Waals surface area contributed by atoms with Gasteiger partial charge in [0.05, 0.1) is 22.4 Å². The van der Waals surface area contributed by atoms with E-state index in [1.165, 1.54) is 23.2 Å². The smallest absolute Gasteiger partial charge is 0.338 e. The summed E-state index contributed by atoms with van der Waals surface area (Å²) in [5.74, 6) is -1.00. The van der Waals surface area contributed by atoms with Crippen LogP contribution in [0.15, 0.2) is 48.9 Å². The van der Waals surface area contributed by atoms with Crippen molar-refractivity contribution in [3.63, 3.8) is 0 Å². The van der Waals surface area contributed by atoms with Crippen molar-refractivity contribution in [1.82, 2.24) is 9.55 Å². The number of anilines is 2. The maximum Gasteiger partial charge on any atom is 0.425 e. The first-order valence-corrected chi connectivity index (χ1v) is 9.48. The molecule has 0 fully saturated rings. The molecule has 0 saturated heterocycles. The fourth-order valence-corrected chi connectivity index (χ4v) is 4.12. The number of alkyl halides is 3. The van der Waals surface area contributed by atoms with Crippen molar-refractivity contribution < 1.29 is 22.8 Å². The van der Waals surface area contributed by atoms with E-state index in [1.54, 1.807) is 29.1 Å². The number of halogens is 3. The summed E-state index contributed by atoms with van der Waals surface area (Å²) >= 11 is 0.508. The van der Waals surface area contributed by atoms with E-state index in [2.05, 4.69) is 10.3 Å². The highest BCUT2D eigenvalue weighted by molar-refractivity contribution is 7.16. The van der Waals surface area contributed by atoms with Gasteiger partial charge in [0.25, 0.3) is 11.8 Å². The molecule has 1 aliphatic rings. The van der Waals surface area contributed by atoms with Gasteiger partial charge in [0.15, 0.2) is 0 Å². The van der Waals surface area contributed by atoms with Crippen LogP contribution in [-0.2, 0) is 6.18 Å². The van der Waals surface area contributed by atoms with E-state index in [0.29, 0.717) is 17.0 Å². The summed E-state index contributed by atoms with van der Waals surface area (Å²) in [7, 11) is 0. The summed E-state index contributed by atoms with van der Waals surface area (Å²) in [5, 5.41) is 2.87. The summed E-state index contributed by atoms with van der Waals surface area (Å²) in [5.41, 5.74) is 0.772. The number of amides is 2. The number of carbonyl (C=O) groups is 2. The average molecular weight is 420 g/mol. The Morgan fingerprint density at radius 1 is 1.28 bits per heavy atom. The van der Waals surface area contributed by atoms with Crippen LogP contribution in [0.5, 0.6) is 0 Å². The lowest BCUT2D eigenvalue weighted by atomic mass is 10.1. The Morgan fingerprint density at radius 2 is 2.07 bits per heavy atom. The summed E-state index contributed by atoms with van der Waals surface area (Å²) in [4.78, 5) is 30.2. The number of fused-ring (bicyclic) bond motifs is 1. The molecule has 10 heteroatoms. The lowest BCUT2D eigenvalue weighted by Gasteiger charge is -2.32. The highest BCUT2D eigenvalue weighted by Gasteiger charge is 2.37. The molecular weight excluding hydrogens is 405 g/mol. The second-order valence-electron chi connectivity index (χ2n) is 6.58. The minimum Gasteiger partial charge on any atom is -0.338 e. The van der Waals surface area contributed by atoms with E-state index in [9.17, 15) is 22.8 Å². The molecule has 4 heterocycles. The molecule has 0 aromatic carbocycles. The van der Waals surface area contributed by atoms with Crippen molar-refractivity contribution in [2.75, 3.05) is 16.8 Å². The van der Waals surface area contributed by atoms with Gasteiger partial charge in [0.2, 0.25) is 0 Å². The molecule has 0 spiro atoms. The number of aromatic nitrogens is 2. The van der Waals surface area contributed by atoms with E-state index in [-0.39, 0.29) is 28.8 Å². The average Bonchev–Trinajstić information content (AvgIpc) is 3.33. The minimum atomic E-state index is -4.47. The monoisotopic (exact) mass is 420 g/mol. The van der Waals surface area contributed by atoms with E-state index in [4.69, 9.17) is 0 Å². The third kappa shape index (κ3) is 3.51. The molecule has 2 amide bonds. The van der Waals surface area contributed by atoms with Crippen LogP contribution in [0.3, 0.4) is 0 Å². The first-order chi connectivity index (χ1) is 13.8. The molecule has 150 valence electrons. The van der Waals surface area contributed by atoms with E-state index >= 15 is 0 Å². The van der Waals surface area contributed by atoms with Gasteiger partial charge in [-0.1, -0.05) is 0 Å². The number of nitrogens with one attached hydrogen (secondary N) is 1. The molecule has 1 N–H and O–H groups in total. The molecule has 29 heavy (non-hydrogen) atoms. The predicted octanol–water partition coefficient (Wildman–Crippen LogP) is 4.44. The van der Waals surface area contributed by atoms with Crippen LogP contribution >= 0.6 is 11.3 Å². The van der Waals surface area contributed by atoms with Gasteiger partial charge in [-0.05, 0) is 37.3 Å². The van der Waals surface area contributed by atoms with Crippen LogP contribution in [0.2, 0.25) is 0 Å². The third-order valence-corrected chi connectivity index (χ3v) is 5.74. The molecule has 3 aromatic rings. The number of thiophene rings is 1. The fourth-order valence-electron chi connectivity index (χ4n) is 3.24. The van der Waals surface area contributed by atoms with Crippen molar-refractivity contribution in [2.24, 2.45) is 0 Å². The molecular formula is C19H15F3N4O2S. The molecule has 0 aliphatic carbocycles. The predicted molar refractivity (Wildman–Crippen MR) is 102 cm³/mol. The maximum absolute atomic E-state index is 13.1. The lowest BCUT2D eigenvalue weighted by Crippen LogP contribution is -2.42. The van der Waals surface area contributed by atoms with Crippen molar-refractivity contribution in [3.8, 4) is 0 Å². The fraction of sp³-hybridized carbons (Fsp3) is 0.211. The number of carbonyl (C=O) groups excluding carboxylic acids is 2. The number of hydrogen-bond donors (Lipinski definition) is 1. The van der Waals surface area contributed by atoms with Crippen LogP contribution < -0.4 is 10.2 Å². The standard InChI is InChI=1S/C19H15F3N4O2S/c1-11-10-26(15-5-4-14(29-15)19(20,21)22)18(28)16-13(6-8-25(11)16)17(27)24-12-3-2-7-23-9-12/h2-9,11H,10H2,1H3,(H,24,27)/t11-/m0/s1. The highest BCUT2D eigenvalue weighted by atomic mass is 32.1. The van der Waals surface area contributed by atoms with Crippen molar-refractivity contribution in [2.45, 2.75) is 19.1 Å². The van der Waals surface area contributed by atoms with Crippen LogP contribution in [-0.4, -0.2) is 27.9 Å². The SMILES string of the molecule is C[C@H]1CN(c2ccc(C(F)(F)F)s2)C(=O)c2c(C(=O)Nc3cccnc3)ccn21. The maximum atomic E-state index is 13.1. The first-order valence-electron chi connectivity index (χ1n) is 8.67. The Hall–Kier alpha value is -3.14. The summed E-state index contributed by atoms with van der Waals surface area (Å²) in [6.45, 7) is 2.05. The van der Waals surface area contributed by atoms with Gasteiger partial charge in [0, 0.05) is 25.0 Å². The van der Waals surface area contributed by atoms with Crippen LogP contribution in [0.1, 0.15) is 38.7 Å². The first kappa shape index (κ1) is 19.2. The van der Waals surface area contributed by atoms with Gasteiger partial charge in [-0.15, -0.1) is 11.3 Å². The van der Waals surface area contributed by atoms with Gasteiger partial charge in [-0.3, -0.25) is 19.5 Å². The molecule has 0 unspecified atom stereocenters. The third-order valence-electron chi connectivity index (χ3n) is 4.59. The van der Waals surface area contributed by atoms with Gasteiger partial charge in [-0.25, -0.2) is 0 Å². The van der Waals surface area contributed by atoms with Crippen molar-refractivity contribution >= 4 is 33.8 Å². The normalized spacial score (nSPS) is 16.6. The zero-order valence-electron chi connectivity index (χ0n) is 15.1. The lowest BCUT2D eigenvalue weighted by molar-refractivity contribution is -0.134. The zero-order valence-corrected chi connectivity index (χ0v) is 15.9. The summed E-state index contributed by atoms with van der Waals surface area (Å²) in [6.07, 6.45) is 0.210. The largest absolute Gasteiger partial charge is 0.425 e. The van der Waals surface area contributed by atoms with Crippen LogP contribution in [0.4, 0.5) is 23.9 Å². The van der Waals surface area contributed by atoms with Crippen LogP contribution in [0.25, 0.3) is 0 Å². The van der Waals surface area contributed by atoms with Crippen molar-refractivity contribution in [1.29, 1.82) is 0 Å². The summed E-state index contributed by atoms with van der Waals surface area (Å²) < 4.78 is 40.5. The zero-order chi connectivity index (χ0) is 20.8. The highest BCUT2D eigenvalue weighted by Crippen LogP contribution is 2.40. The minimum absolute atomic E-state index is 0.145. The van der Waals surface area contributed by atoms with E-state index < -0.39 is 22.9 Å². The Bertz CT molecular complexity index is 1070. The summed E-state index contributed by atoms with van der Waals surface area (Å²) in [6, 6.07) is 6.89. The second-order valence-corrected chi connectivity index (χ2v) is 7.64. The van der Waals surface area contributed by atoms with Gasteiger partial charge < -0.3 is 9.88 Å². The number of nitrogens with zero attached hydrogens (tertiary/aromatic N) is 3. The van der Waals surface area contributed by atoms with E-state index in [1.807, 2.05) is 6.92 Å². The Kier molecular flexibility index (Phi) is 4.65. The molecule has 6 nitrogen and oxygen atoms in total. The Morgan fingerprint density at radius 3 is 2.72 bits per heavy atom. The van der Waals surface area contributed by atoms with Crippen LogP contribution in [0, 0.1) is 0 Å². The van der Waals surface area contributed by atoms with Gasteiger partial charge in [-0.2, -0.15) is 13.2 Å². The number of rotatable bonds is 3. The quantitative estimate of drug-likeness (QED) is 0.681. The molecule has 0 saturated carbocycles. The van der Waals surface area contributed by atoms with Crippen molar-refractivity contribution in [3.05, 3.63) is 65.1 Å². The van der Waals surface area contributed by atoms with E-state index in [0.717, 1.165) is 6.07 Å². The molecule has 4 rings (SSSR count). The Labute approximate surface area is 167 Å². The molecule has 3 aromatic heterocycles. The molecule has 0 radical (unpaired) electrons. The number of pyridine rings is 1. The number of hydrogen-bond acceptors (Lipinski definition) is 4. The topological polar surface area (TPSA) is 67.2 Å². The second kappa shape index (κ2) is 7.03. The van der Waals surface area contributed by atoms with Gasteiger partial charge >= 0.3 is 6.18 Å². The Balaban J connectivity index is 1.66. The molecule has 1 aliphatic heterocycles. The van der Waals surface area contributed by atoms with Gasteiger partial charge in [0.1, 0.15) is 10.6 Å². The molecule has 1 atom stereocenters. The molecule has 0 bridgehead atoms.